The fraction of sp³-hybridized carbons (Fsp3) is 0.421. The van der Waals surface area contributed by atoms with Gasteiger partial charge < -0.3 is 4.74 Å². The van der Waals surface area contributed by atoms with E-state index in [2.05, 4.69) is 4.98 Å². The van der Waals surface area contributed by atoms with Crippen molar-refractivity contribution in [3.8, 4) is 5.88 Å². The highest BCUT2D eigenvalue weighted by molar-refractivity contribution is 7.89. The van der Waals surface area contributed by atoms with E-state index in [4.69, 9.17) is 4.74 Å². The van der Waals surface area contributed by atoms with E-state index in [9.17, 15) is 8.42 Å². The molecule has 0 spiro atoms. The number of aryl methyl sites for hydroxylation is 2. The molecule has 2 heterocycles. The Morgan fingerprint density at radius 2 is 1.88 bits per heavy atom. The second-order valence-electron chi connectivity index (χ2n) is 6.54. The number of pyridine rings is 1. The van der Waals surface area contributed by atoms with E-state index in [-0.39, 0.29) is 6.04 Å². The largest absolute Gasteiger partial charge is 0.481 e. The van der Waals surface area contributed by atoms with Crippen LogP contribution in [-0.2, 0) is 10.0 Å². The number of methoxy groups -OCH3 is 1. The third-order valence-corrected chi connectivity index (χ3v) is 6.63. The minimum absolute atomic E-state index is 0.183. The van der Waals surface area contributed by atoms with Crippen LogP contribution < -0.4 is 4.74 Å². The normalized spacial score (nSPS) is 18.9. The molecule has 1 atom stereocenters. The van der Waals surface area contributed by atoms with Gasteiger partial charge >= 0.3 is 0 Å². The van der Waals surface area contributed by atoms with Crippen molar-refractivity contribution in [2.24, 2.45) is 0 Å². The second-order valence-corrected chi connectivity index (χ2v) is 8.43. The maximum Gasteiger partial charge on any atom is 0.243 e. The lowest BCUT2D eigenvalue weighted by molar-refractivity contribution is 0.255. The first-order chi connectivity index (χ1) is 11.9. The average Bonchev–Trinajstić information content (AvgIpc) is 2.62. The van der Waals surface area contributed by atoms with E-state index < -0.39 is 10.0 Å². The lowest BCUT2D eigenvalue weighted by atomic mass is 9.98. The Hall–Kier alpha value is -1.92. The third-order valence-electron chi connectivity index (χ3n) is 4.71. The number of ether oxygens (including phenoxy) is 1. The fourth-order valence-corrected chi connectivity index (χ4v) is 5.03. The van der Waals surface area contributed by atoms with Gasteiger partial charge in [0, 0.05) is 18.3 Å². The first-order valence-corrected chi connectivity index (χ1v) is 9.96. The van der Waals surface area contributed by atoms with Crippen molar-refractivity contribution >= 4 is 10.0 Å². The number of sulfonamides is 1. The molecule has 2 aromatic rings. The van der Waals surface area contributed by atoms with Crippen LogP contribution in [0.1, 0.15) is 42.0 Å². The van der Waals surface area contributed by atoms with Gasteiger partial charge in [-0.15, -0.1) is 0 Å². The lowest BCUT2D eigenvalue weighted by Gasteiger charge is -2.35. The maximum atomic E-state index is 13.2. The Kier molecular flexibility index (Phi) is 5.11. The van der Waals surface area contributed by atoms with E-state index in [1.165, 1.54) is 0 Å². The minimum atomic E-state index is -3.53. The van der Waals surface area contributed by atoms with Crippen molar-refractivity contribution in [1.82, 2.24) is 9.29 Å². The molecule has 6 heteroatoms. The van der Waals surface area contributed by atoms with Crippen LogP contribution in [0.4, 0.5) is 0 Å². The Labute approximate surface area is 149 Å². The standard InChI is InChI=1S/C19H24N2O3S/c1-14-7-9-17(10-8-14)25(22,23)21-11-5-4-6-18(21)16-12-15(2)19(24-3)20-13-16/h7-10,12-13,18H,4-6,11H2,1-3H3/t18-/m1/s1. The van der Waals surface area contributed by atoms with Crippen LogP contribution in [0.2, 0.25) is 0 Å². The van der Waals surface area contributed by atoms with Gasteiger partial charge in [0.2, 0.25) is 15.9 Å². The molecule has 1 saturated heterocycles. The molecule has 1 aliphatic rings. The number of benzene rings is 1. The average molecular weight is 360 g/mol. The molecule has 0 unspecified atom stereocenters. The molecular weight excluding hydrogens is 336 g/mol. The molecule has 1 fully saturated rings. The van der Waals surface area contributed by atoms with Gasteiger partial charge in [0.25, 0.3) is 0 Å². The summed E-state index contributed by atoms with van der Waals surface area (Å²) in [5, 5.41) is 0. The van der Waals surface area contributed by atoms with Gasteiger partial charge in [0.1, 0.15) is 0 Å². The Balaban J connectivity index is 1.98. The van der Waals surface area contributed by atoms with Crippen LogP contribution in [0.5, 0.6) is 5.88 Å². The summed E-state index contributed by atoms with van der Waals surface area (Å²) >= 11 is 0. The van der Waals surface area contributed by atoms with Crippen LogP contribution in [0.3, 0.4) is 0 Å². The van der Waals surface area contributed by atoms with E-state index in [1.807, 2.05) is 32.0 Å². The highest BCUT2D eigenvalue weighted by Gasteiger charge is 2.34. The molecule has 1 aliphatic heterocycles. The minimum Gasteiger partial charge on any atom is -0.481 e. The van der Waals surface area contributed by atoms with Crippen molar-refractivity contribution in [2.45, 2.75) is 44.0 Å². The van der Waals surface area contributed by atoms with Crippen molar-refractivity contribution in [1.29, 1.82) is 0 Å². The third kappa shape index (κ3) is 3.55. The van der Waals surface area contributed by atoms with Crippen LogP contribution >= 0.6 is 0 Å². The number of aromatic nitrogens is 1. The summed E-state index contributed by atoms with van der Waals surface area (Å²) in [5.41, 5.74) is 2.89. The van der Waals surface area contributed by atoms with Crippen molar-refractivity contribution in [3.05, 3.63) is 53.2 Å². The summed E-state index contributed by atoms with van der Waals surface area (Å²) < 4.78 is 33.2. The van der Waals surface area contributed by atoms with E-state index in [1.54, 1.807) is 29.7 Å². The lowest BCUT2D eigenvalue weighted by Crippen LogP contribution is -2.38. The number of hydrogen-bond acceptors (Lipinski definition) is 4. The molecule has 1 aromatic carbocycles. The highest BCUT2D eigenvalue weighted by atomic mass is 32.2. The summed E-state index contributed by atoms with van der Waals surface area (Å²) in [7, 11) is -1.94. The van der Waals surface area contributed by atoms with Crippen molar-refractivity contribution < 1.29 is 13.2 Å². The predicted molar refractivity (Wildman–Crippen MR) is 97.2 cm³/mol. The number of nitrogens with zero attached hydrogens (tertiary/aromatic N) is 2. The Morgan fingerprint density at radius 1 is 1.16 bits per heavy atom. The number of piperidine rings is 1. The van der Waals surface area contributed by atoms with E-state index in [0.717, 1.165) is 36.0 Å². The van der Waals surface area contributed by atoms with Crippen LogP contribution in [0.25, 0.3) is 0 Å². The van der Waals surface area contributed by atoms with Gasteiger partial charge in [-0.1, -0.05) is 24.1 Å². The molecular formula is C19H24N2O3S. The molecule has 0 aliphatic carbocycles. The highest BCUT2D eigenvalue weighted by Crippen LogP contribution is 2.36. The Morgan fingerprint density at radius 3 is 2.52 bits per heavy atom. The van der Waals surface area contributed by atoms with Gasteiger partial charge in [-0.25, -0.2) is 13.4 Å². The van der Waals surface area contributed by atoms with Crippen molar-refractivity contribution in [3.63, 3.8) is 0 Å². The van der Waals surface area contributed by atoms with E-state index >= 15 is 0 Å². The topological polar surface area (TPSA) is 59.5 Å². The quantitative estimate of drug-likeness (QED) is 0.835. The predicted octanol–water partition coefficient (Wildman–Crippen LogP) is 3.62. The summed E-state index contributed by atoms with van der Waals surface area (Å²) in [5.74, 6) is 0.576. The van der Waals surface area contributed by atoms with Gasteiger partial charge in [-0.2, -0.15) is 4.31 Å². The second kappa shape index (κ2) is 7.14. The van der Waals surface area contributed by atoms with Crippen LogP contribution in [0.15, 0.2) is 41.4 Å². The molecule has 5 nitrogen and oxygen atoms in total. The van der Waals surface area contributed by atoms with Crippen molar-refractivity contribution in [2.75, 3.05) is 13.7 Å². The molecule has 3 rings (SSSR count). The first kappa shape index (κ1) is 17.9. The number of rotatable bonds is 4. The molecule has 0 saturated carbocycles. The fourth-order valence-electron chi connectivity index (χ4n) is 3.35. The monoisotopic (exact) mass is 360 g/mol. The SMILES string of the molecule is COc1ncc([C@H]2CCCCN2S(=O)(=O)c2ccc(C)cc2)cc1C. The number of hydrogen-bond donors (Lipinski definition) is 0. The molecule has 134 valence electrons. The van der Waals surface area contributed by atoms with E-state index in [0.29, 0.717) is 17.3 Å². The molecule has 1 aromatic heterocycles. The summed E-state index contributed by atoms with van der Waals surface area (Å²) in [4.78, 5) is 4.68. The summed E-state index contributed by atoms with van der Waals surface area (Å²) in [6.07, 6.45) is 4.43. The maximum absolute atomic E-state index is 13.2. The first-order valence-electron chi connectivity index (χ1n) is 8.52. The summed E-state index contributed by atoms with van der Waals surface area (Å²) in [6, 6.07) is 8.86. The smallest absolute Gasteiger partial charge is 0.243 e. The summed E-state index contributed by atoms with van der Waals surface area (Å²) in [6.45, 7) is 4.41. The molecule has 0 bridgehead atoms. The zero-order valence-corrected chi connectivity index (χ0v) is 15.7. The van der Waals surface area contributed by atoms with Crippen LogP contribution in [-0.4, -0.2) is 31.4 Å². The van der Waals surface area contributed by atoms with Gasteiger partial charge in [-0.05, 0) is 50.5 Å². The van der Waals surface area contributed by atoms with Gasteiger partial charge in [-0.3, -0.25) is 0 Å². The van der Waals surface area contributed by atoms with Gasteiger partial charge in [0.15, 0.2) is 0 Å². The molecule has 0 radical (unpaired) electrons. The zero-order chi connectivity index (χ0) is 18.0. The molecule has 25 heavy (non-hydrogen) atoms. The zero-order valence-electron chi connectivity index (χ0n) is 14.9. The van der Waals surface area contributed by atoms with Gasteiger partial charge in [0.05, 0.1) is 18.0 Å². The molecule has 0 amide bonds. The Bertz CT molecular complexity index is 847. The van der Waals surface area contributed by atoms with Crippen LogP contribution in [0, 0.1) is 13.8 Å². The molecule has 0 N–H and O–H groups in total.